The maximum Gasteiger partial charge on any atom is 0.428 e. The van der Waals surface area contributed by atoms with E-state index in [4.69, 9.17) is 28.8 Å². The monoisotopic (exact) mass is 1360 g/mol. The highest BCUT2D eigenvalue weighted by Crippen LogP contribution is 2.65. The lowest BCUT2D eigenvalue weighted by Gasteiger charge is -2.61. The molecule has 12 rings (SSSR count). The largest absolute Gasteiger partial charge is 0.743 e. The molecule has 10 bridgehead atoms. The van der Waals surface area contributed by atoms with E-state index in [1.807, 2.05) is 53.7 Å². The van der Waals surface area contributed by atoms with Crippen LogP contribution in [-0.2, 0) is 76.8 Å². The van der Waals surface area contributed by atoms with Crippen LogP contribution in [0.25, 0.3) is 0 Å². The van der Waals surface area contributed by atoms with Crippen molar-refractivity contribution in [3.8, 4) is 11.8 Å². The van der Waals surface area contributed by atoms with Gasteiger partial charge in [-0.15, -0.1) is 0 Å². The van der Waals surface area contributed by atoms with Crippen LogP contribution in [0.3, 0.4) is 0 Å². The second-order valence-corrected chi connectivity index (χ2v) is 33.7. The number of alkyl halides is 2. The number of benzene rings is 1. The number of aromatic hydroxyl groups is 1. The second kappa shape index (κ2) is 29.5. The molecule has 0 spiro atoms. The fourth-order valence-electron chi connectivity index (χ4n) is 16.0. The summed E-state index contributed by atoms with van der Waals surface area (Å²) in [6, 6.07) is 9.53. The number of nitriles is 1. The van der Waals surface area contributed by atoms with Gasteiger partial charge in [0.1, 0.15) is 42.4 Å². The number of rotatable bonds is 21. The number of aliphatic hydroxyl groups is 1. The summed E-state index contributed by atoms with van der Waals surface area (Å²) in [5.41, 5.74) is -2.95. The fraction of sp³-hybridized carbons (Fsp3) is 0.806. The van der Waals surface area contributed by atoms with E-state index < -0.39 is 105 Å². The van der Waals surface area contributed by atoms with Gasteiger partial charge >= 0.3 is 47.0 Å². The number of hydrogen-bond donors (Lipinski definition) is 2. The molecule has 11 aliphatic rings. The Kier molecular flexibility index (Phi) is 24.4. The van der Waals surface area contributed by atoms with E-state index in [0.29, 0.717) is 55.6 Å². The SMILES string of the molecule is CCC(C)(C)C(=O)OC(C)(C)C12CC3CC(CC(C3)C1)C2.CCC(C)(C)C(=O)OC12CC3CC(CC(O)(C3)C1)C2.CCC(C)(C)C(=O)OCC(=O)OC1C2CC3C1OC(=O)C3(C#N)C2.CCC(C)(C)C(=O)OCCOC(=O)C(F)(F)S(=O)(=O)[O-].CCC(C)c1ccc(O)cc1. The number of hydrogen-bond acceptors (Lipinski definition) is 20. The third-order valence-electron chi connectivity index (χ3n) is 23.2. The van der Waals surface area contributed by atoms with Crippen LogP contribution < -0.4 is 0 Å². The summed E-state index contributed by atoms with van der Waals surface area (Å²) in [5, 5.41) is 23.8. The first-order valence-corrected chi connectivity index (χ1v) is 35.8. The highest BCUT2D eigenvalue weighted by atomic mass is 32.2. The van der Waals surface area contributed by atoms with Crippen molar-refractivity contribution < 1.29 is 98.7 Å². The van der Waals surface area contributed by atoms with Crippen LogP contribution >= 0.6 is 0 Å². The van der Waals surface area contributed by atoms with Gasteiger partial charge in [0.2, 0.25) is 0 Å². The average Bonchev–Trinajstić information content (AvgIpc) is 1.41. The molecular weight excluding hydrogens is 1250 g/mol. The van der Waals surface area contributed by atoms with Gasteiger partial charge in [-0.05, 0) is 238 Å². The minimum atomic E-state index is -6.15. The van der Waals surface area contributed by atoms with Crippen molar-refractivity contribution in [2.75, 3.05) is 19.8 Å². The number of carbonyl (C=O) groups excluding carboxylic acids is 7. The molecule has 95 heavy (non-hydrogen) atoms. The molecule has 23 heteroatoms. The molecular formula is C72H108F2NO19S-. The molecule has 0 radical (unpaired) electrons. The highest BCUT2D eigenvalue weighted by Gasteiger charge is 2.72. The molecule has 1 saturated heterocycles. The van der Waals surface area contributed by atoms with Gasteiger partial charge < -0.3 is 47.9 Å². The Morgan fingerprint density at radius 3 is 1.57 bits per heavy atom. The predicted octanol–water partition coefficient (Wildman–Crippen LogP) is 12.9. The Hall–Kier alpha value is -5.47. The topological polar surface area (TPSA) is 306 Å². The minimum Gasteiger partial charge on any atom is -0.743 e. The number of nitrogens with zero attached hydrogens (tertiary/aromatic N) is 1. The summed E-state index contributed by atoms with van der Waals surface area (Å²) in [6.07, 6.45) is 17.6. The third kappa shape index (κ3) is 17.7. The lowest BCUT2D eigenvalue weighted by molar-refractivity contribution is -0.225. The average molecular weight is 1360 g/mol. The molecule has 0 amide bonds. The summed E-state index contributed by atoms with van der Waals surface area (Å²) < 4.78 is 92.1. The number of halogens is 2. The Balaban J connectivity index is 0.000000191. The number of fused-ring (bicyclic) bond motifs is 1. The maximum absolute atomic E-state index is 12.7. The molecule has 1 heterocycles. The van der Waals surface area contributed by atoms with E-state index in [2.05, 4.69) is 50.2 Å². The van der Waals surface area contributed by atoms with Crippen molar-refractivity contribution in [3.05, 3.63) is 29.8 Å². The lowest BCUT2D eigenvalue weighted by atomic mass is 9.46. The third-order valence-corrected chi connectivity index (χ3v) is 24.0. The first-order chi connectivity index (χ1) is 43.8. The molecule has 536 valence electrons. The van der Waals surface area contributed by atoms with E-state index in [0.717, 1.165) is 62.7 Å². The molecule has 8 atom stereocenters. The predicted molar refractivity (Wildman–Crippen MR) is 344 cm³/mol. The van der Waals surface area contributed by atoms with Gasteiger partial charge in [-0.3, -0.25) is 24.0 Å². The zero-order valence-electron chi connectivity index (χ0n) is 59.1. The van der Waals surface area contributed by atoms with Crippen molar-refractivity contribution in [2.45, 2.75) is 273 Å². The molecule has 0 aromatic heterocycles. The number of ether oxygens (including phenoxy) is 7. The highest BCUT2D eigenvalue weighted by molar-refractivity contribution is 7.87. The van der Waals surface area contributed by atoms with E-state index in [1.54, 1.807) is 46.8 Å². The smallest absolute Gasteiger partial charge is 0.428 e. The molecule has 11 fully saturated rings. The number of esters is 7. The van der Waals surface area contributed by atoms with Gasteiger partial charge in [0.05, 0.1) is 33.3 Å². The molecule has 1 aliphatic heterocycles. The van der Waals surface area contributed by atoms with Gasteiger partial charge in [0.25, 0.3) is 0 Å². The zero-order chi connectivity index (χ0) is 71.5. The quantitative estimate of drug-likeness (QED) is 0.0500. The van der Waals surface area contributed by atoms with Crippen LogP contribution in [0.4, 0.5) is 8.78 Å². The summed E-state index contributed by atoms with van der Waals surface area (Å²) in [6.45, 7) is 29.2. The Labute approximate surface area is 561 Å². The Morgan fingerprint density at radius 1 is 0.663 bits per heavy atom. The number of phenols is 1. The van der Waals surface area contributed by atoms with Crippen molar-refractivity contribution in [2.24, 2.45) is 73.9 Å². The Bertz CT molecular complexity index is 3040. The van der Waals surface area contributed by atoms with E-state index in [-0.39, 0.29) is 45.8 Å². The van der Waals surface area contributed by atoms with E-state index in [1.165, 1.54) is 50.5 Å². The Morgan fingerprint density at radius 2 is 1.12 bits per heavy atom. The molecule has 1 aromatic rings. The number of phenolic OH excluding ortho intramolecular Hbond substituents is 1. The minimum absolute atomic E-state index is 0.00857. The van der Waals surface area contributed by atoms with Gasteiger partial charge in [-0.2, -0.15) is 14.0 Å². The van der Waals surface area contributed by atoms with Crippen LogP contribution in [0.2, 0.25) is 0 Å². The van der Waals surface area contributed by atoms with Gasteiger partial charge in [0.15, 0.2) is 22.1 Å². The zero-order valence-corrected chi connectivity index (χ0v) is 59.9. The molecule has 2 N–H and O–H groups in total. The second-order valence-electron chi connectivity index (χ2n) is 32.2. The standard InChI is InChI=1S/C19H32O2.C17H21NO6.C16H26O3.C10H16F2O7S.C10H14O/c1-6-17(2,3)16(20)21-18(4,5)19-10-13-7-14(11-19)9-15(8-13)12-19;1-4-16(2,3)14(20)22-7-11(19)23-12-9-5-10-13(12)24-15(21)17(10,6-9)8-18;1-4-14(2,3)13(17)19-16-8-11-5-12(9-16)7-15(18,6-11)10-16;1-4-9(2,3)7(13)18-5-6-19-8(14)10(11,12)20(15,16)17;1-3-8(2)9-4-6-10(11)7-5-9/h13-15H,6-12H2,1-5H3;9-10,12-13H,4-7H2,1-3H3;11-12,18H,4-10H2,1-3H3;4-6H2,1-3H3,(H,15,16,17);4-8,11H,3H2,1-2H3/p-1. The van der Waals surface area contributed by atoms with E-state index >= 15 is 0 Å². The fourth-order valence-corrected chi connectivity index (χ4v) is 16.2. The molecule has 1 aromatic carbocycles. The maximum atomic E-state index is 12.7. The first-order valence-electron chi connectivity index (χ1n) is 34.4. The van der Waals surface area contributed by atoms with Crippen LogP contribution in [0, 0.1) is 85.2 Å². The van der Waals surface area contributed by atoms with Crippen molar-refractivity contribution in [3.63, 3.8) is 0 Å². The van der Waals surface area contributed by atoms with Crippen molar-refractivity contribution >= 4 is 51.9 Å². The normalized spacial score (nSPS) is 30.8. The molecule has 10 saturated carbocycles. The summed E-state index contributed by atoms with van der Waals surface area (Å²) in [4.78, 5) is 83.0. The number of carbonyl (C=O) groups is 7. The summed E-state index contributed by atoms with van der Waals surface area (Å²) in [7, 11) is -6.15. The first kappa shape index (κ1) is 78.5. The van der Waals surface area contributed by atoms with Gasteiger partial charge in [-0.1, -0.05) is 53.7 Å². The van der Waals surface area contributed by atoms with Crippen LogP contribution in [0.1, 0.15) is 244 Å². The van der Waals surface area contributed by atoms with Crippen molar-refractivity contribution in [1.82, 2.24) is 0 Å². The van der Waals surface area contributed by atoms with Crippen LogP contribution in [-0.4, -0.2) is 119 Å². The van der Waals surface area contributed by atoms with Crippen LogP contribution in [0.15, 0.2) is 24.3 Å². The molecule has 20 nitrogen and oxygen atoms in total. The molecule has 8 unspecified atom stereocenters. The summed E-state index contributed by atoms with van der Waals surface area (Å²) >= 11 is 0. The van der Waals surface area contributed by atoms with Gasteiger partial charge in [0, 0.05) is 23.7 Å². The van der Waals surface area contributed by atoms with Crippen LogP contribution in [0.5, 0.6) is 5.75 Å². The van der Waals surface area contributed by atoms with E-state index in [9.17, 15) is 65.7 Å². The lowest BCUT2D eigenvalue weighted by Crippen LogP contribution is -2.61. The van der Waals surface area contributed by atoms with Crippen molar-refractivity contribution in [1.29, 1.82) is 5.26 Å². The molecule has 10 aliphatic carbocycles. The summed E-state index contributed by atoms with van der Waals surface area (Å²) in [5.74, 6) is -0.349. The van der Waals surface area contributed by atoms with Gasteiger partial charge in [-0.25, -0.2) is 18.0 Å².